The zero-order valence-corrected chi connectivity index (χ0v) is 9.86. The zero-order chi connectivity index (χ0) is 9.68. The van der Waals surface area contributed by atoms with Gasteiger partial charge in [-0.25, -0.2) is 0 Å². The first-order valence-corrected chi connectivity index (χ1v) is 6.51. The second-order valence-electron chi connectivity index (χ2n) is 4.15. The molecule has 0 aromatic carbocycles. The highest BCUT2D eigenvalue weighted by Crippen LogP contribution is 2.16. The second-order valence-corrected chi connectivity index (χ2v) is 5.14. The van der Waals surface area contributed by atoms with Gasteiger partial charge in [0.05, 0.1) is 0 Å². The third-order valence-electron chi connectivity index (χ3n) is 2.89. The Kier molecular flexibility index (Phi) is 5.14. The Hall–Kier alpha value is 0.270. The summed E-state index contributed by atoms with van der Waals surface area (Å²) in [5, 5.41) is 3.34. The minimum absolute atomic E-state index is 0.855. The third-order valence-corrected chi connectivity index (χ3v) is 3.49. The first kappa shape index (κ1) is 11.3. The Morgan fingerprint density at radius 2 is 2.23 bits per heavy atom. The van der Waals surface area contributed by atoms with Crippen molar-refractivity contribution < 1.29 is 0 Å². The van der Waals surface area contributed by atoms with Crippen molar-refractivity contribution in [2.45, 2.75) is 6.92 Å². The van der Waals surface area contributed by atoms with Crippen LogP contribution in [-0.4, -0.2) is 50.1 Å². The maximum atomic E-state index is 3.34. The van der Waals surface area contributed by atoms with Gasteiger partial charge in [0, 0.05) is 18.8 Å². The van der Waals surface area contributed by atoms with Crippen LogP contribution in [0.1, 0.15) is 6.92 Å². The monoisotopic (exact) mass is 202 g/mol. The highest BCUT2D eigenvalue weighted by molar-refractivity contribution is 7.98. The molecule has 1 atom stereocenters. The molecule has 1 saturated heterocycles. The lowest BCUT2D eigenvalue weighted by molar-refractivity contribution is 0.191. The fraction of sp³-hybridized carbons (Fsp3) is 1.00. The van der Waals surface area contributed by atoms with Gasteiger partial charge in [0.15, 0.2) is 0 Å². The molecule has 1 fully saturated rings. The number of rotatable bonds is 6. The van der Waals surface area contributed by atoms with Crippen molar-refractivity contribution in [2.75, 3.05) is 45.2 Å². The number of hydrogen-bond donors (Lipinski definition) is 1. The van der Waals surface area contributed by atoms with Crippen LogP contribution in [0.5, 0.6) is 0 Å². The summed E-state index contributed by atoms with van der Waals surface area (Å²) in [4.78, 5) is 2.46. The Morgan fingerprint density at radius 1 is 1.54 bits per heavy atom. The average Bonchev–Trinajstić information content (AvgIpc) is 1.97. The van der Waals surface area contributed by atoms with E-state index in [2.05, 4.69) is 30.4 Å². The molecule has 0 saturated carbocycles. The fourth-order valence-electron chi connectivity index (χ4n) is 1.69. The summed E-state index contributed by atoms with van der Waals surface area (Å²) in [5.74, 6) is 3.04. The lowest BCUT2D eigenvalue weighted by Crippen LogP contribution is -2.48. The van der Waals surface area contributed by atoms with Crippen molar-refractivity contribution in [2.24, 2.45) is 11.8 Å². The fourth-order valence-corrected chi connectivity index (χ4v) is 2.19. The molecule has 1 aliphatic rings. The van der Waals surface area contributed by atoms with E-state index in [0.717, 1.165) is 11.8 Å². The van der Waals surface area contributed by atoms with Crippen molar-refractivity contribution >= 4 is 11.8 Å². The Labute approximate surface area is 86.5 Å². The van der Waals surface area contributed by atoms with Crippen LogP contribution in [0, 0.1) is 11.8 Å². The summed E-state index contributed by atoms with van der Waals surface area (Å²) >= 11 is 1.93. The van der Waals surface area contributed by atoms with Gasteiger partial charge in [-0.3, -0.25) is 0 Å². The number of nitrogens with one attached hydrogen (secondary N) is 1. The molecule has 1 aliphatic heterocycles. The minimum atomic E-state index is 0.855. The standard InChI is InChI=1S/C10H22N2S/c1-9(10-6-11-7-10)8-12(2)4-5-13-3/h9-11H,4-8H2,1-3H3. The molecule has 2 nitrogen and oxygen atoms in total. The molecule has 1 unspecified atom stereocenters. The van der Waals surface area contributed by atoms with Crippen molar-refractivity contribution in [3.8, 4) is 0 Å². The molecule has 78 valence electrons. The van der Waals surface area contributed by atoms with Gasteiger partial charge in [-0.15, -0.1) is 0 Å². The van der Waals surface area contributed by atoms with E-state index in [1.807, 2.05) is 11.8 Å². The van der Waals surface area contributed by atoms with Crippen LogP contribution in [0.25, 0.3) is 0 Å². The molecular formula is C10H22N2S. The van der Waals surface area contributed by atoms with Crippen molar-refractivity contribution in [3.05, 3.63) is 0 Å². The predicted octanol–water partition coefficient (Wildman–Crippen LogP) is 1.14. The summed E-state index contributed by atoms with van der Waals surface area (Å²) in [6.45, 7) is 7.33. The maximum Gasteiger partial charge on any atom is 0.00693 e. The van der Waals surface area contributed by atoms with E-state index in [9.17, 15) is 0 Å². The van der Waals surface area contributed by atoms with Crippen LogP contribution in [0.2, 0.25) is 0 Å². The van der Waals surface area contributed by atoms with Crippen molar-refractivity contribution in [1.29, 1.82) is 0 Å². The van der Waals surface area contributed by atoms with Crippen molar-refractivity contribution in [1.82, 2.24) is 10.2 Å². The predicted molar refractivity (Wildman–Crippen MR) is 61.4 cm³/mol. The Bertz CT molecular complexity index is 137. The normalized spacial score (nSPS) is 20.3. The molecule has 0 aliphatic carbocycles. The summed E-state index contributed by atoms with van der Waals surface area (Å²) in [7, 11) is 2.23. The van der Waals surface area contributed by atoms with Crippen LogP contribution in [0.4, 0.5) is 0 Å². The van der Waals surface area contributed by atoms with Gasteiger partial charge in [0.2, 0.25) is 0 Å². The van der Waals surface area contributed by atoms with Gasteiger partial charge in [-0.2, -0.15) is 11.8 Å². The van der Waals surface area contributed by atoms with E-state index < -0.39 is 0 Å². The molecule has 1 N–H and O–H groups in total. The van der Waals surface area contributed by atoms with Crippen LogP contribution < -0.4 is 5.32 Å². The van der Waals surface area contributed by atoms with Gasteiger partial charge in [-0.05, 0) is 38.2 Å². The molecule has 0 bridgehead atoms. The second kappa shape index (κ2) is 5.89. The third kappa shape index (κ3) is 3.88. The van der Waals surface area contributed by atoms with Crippen LogP contribution in [0.15, 0.2) is 0 Å². The van der Waals surface area contributed by atoms with E-state index in [1.54, 1.807) is 0 Å². The highest BCUT2D eigenvalue weighted by Gasteiger charge is 2.23. The van der Waals surface area contributed by atoms with E-state index >= 15 is 0 Å². The maximum absolute atomic E-state index is 3.34. The smallest absolute Gasteiger partial charge is 0.00693 e. The molecule has 1 heterocycles. The molecule has 0 amide bonds. The quantitative estimate of drug-likeness (QED) is 0.695. The molecule has 0 radical (unpaired) electrons. The lowest BCUT2D eigenvalue weighted by Gasteiger charge is -2.34. The van der Waals surface area contributed by atoms with Gasteiger partial charge in [0.25, 0.3) is 0 Å². The van der Waals surface area contributed by atoms with Crippen LogP contribution >= 0.6 is 11.8 Å². The van der Waals surface area contributed by atoms with E-state index in [1.165, 1.54) is 31.9 Å². The molecular weight excluding hydrogens is 180 g/mol. The van der Waals surface area contributed by atoms with Crippen molar-refractivity contribution in [3.63, 3.8) is 0 Å². The number of hydrogen-bond acceptors (Lipinski definition) is 3. The molecule has 1 rings (SSSR count). The van der Waals surface area contributed by atoms with Crippen LogP contribution in [-0.2, 0) is 0 Å². The summed E-state index contributed by atoms with van der Waals surface area (Å²) < 4.78 is 0. The molecule has 0 aromatic heterocycles. The minimum Gasteiger partial charge on any atom is -0.316 e. The molecule has 0 spiro atoms. The largest absolute Gasteiger partial charge is 0.316 e. The number of thioether (sulfide) groups is 1. The average molecular weight is 202 g/mol. The molecule has 0 aromatic rings. The van der Waals surface area contributed by atoms with Gasteiger partial charge < -0.3 is 10.2 Å². The summed E-state index contributed by atoms with van der Waals surface area (Å²) in [5.41, 5.74) is 0. The highest BCUT2D eigenvalue weighted by atomic mass is 32.2. The van der Waals surface area contributed by atoms with E-state index in [4.69, 9.17) is 0 Å². The van der Waals surface area contributed by atoms with Crippen LogP contribution in [0.3, 0.4) is 0 Å². The van der Waals surface area contributed by atoms with Gasteiger partial charge in [0.1, 0.15) is 0 Å². The van der Waals surface area contributed by atoms with Gasteiger partial charge >= 0.3 is 0 Å². The summed E-state index contributed by atoms with van der Waals surface area (Å²) in [6, 6.07) is 0. The molecule has 13 heavy (non-hydrogen) atoms. The Morgan fingerprint density at radius 3 is 2.69 bits per heavy atom. The SMILES string of the molecule is CSCCN(C)CC(C)C1CNC1. The van der Waals surface area contributed by atoms with E-state index in [-0.39, 0.29) is 0 Å². The summed E-state index contributed by atoms with van der Waals surface area (Å²) in [6.07, 6.45) is 2.17. The topological polar surface area (TPSA) is 15.3 Å². The Balaban J connectivity index is 2.07. The first-order chi connectivity index (χ1) is 6.24. The van der Waals surface area contributed by atoms with E-state index in [0.29, 0.717) is 0 Å². The van der Waals surface area contributed by atoms with Gasteiger partial charge in [-0.1, -0.05) is 6.92 Å². The number of nitrogens with zero attached hydrogens (tertiary/aromatic N) is 1. The lowest BCUT2D eigenvalue weighted by atomic mass is 9.89. The molecule has 3 heteroatoms. The zero-order valence-electron chi connectivity index (χ0n) is 9.05. The first-order valence-electron chi connectivity index (χ1n) is 5.12.